The Morgan fingerprint density at radius 2 is 2.33 bits per heavy atom. The smallest absolute Gasteiger partial charge is 0.00394 e. The van der Waals surface area contributed by atoms with E-state index >= 15 is 0 Å². The summed E-state index contributed by atoms with van der Waals surface area (Å²) >= 11 is 4.69. The van der Waals surface area contributed by atoms with Gasteiger partial charge in [-0.15, -0.1) is 0 Å². The van der Waals surface area contributed by atoms with Crippen molar-refractivity contribution in [3.63, 3.8) is 0 Å². The van der Waals surface area contributed by atoms with E-state index in [2.05, 4.69) is 26.5 Å². The first-order chi connectivity index (χ1) is 2.77. The van der Waals surface area contributed by atoms with Crippen LogP contribution in [0.4, 0.5) is 0 Å². The van der Waals surface area contributed by atoms with Crippen molar-refractivity contribution in [3.05, 3.63) is 6.92 Å². The second-order valence-corrected chi connectivity index (χ2v) is 2.01. The molecule has 1 heteroatoms. The van der Waals surface area contributed by atoms with Crippen molar-refractivity contribution in [1.29, 1.82) is 0 Å². The van der Waals surface area contributed by atoms with E-state index in [9.17, 15) is 0 Å². The molecule has 2 radical (unpaired) electrons. The highest BCUT2D eigenvalue weighted by molar-refractivity contribution is 7.80. The summed E-state index contributed by atoms with van der Waals surface area (Å²) in [7, 11) is 0. The molecule has 6 heavy (non-hydrogen) atoms. The second-order valence-electron chi connectivity index (χ2n) is 1.60. The average molecular weight is 102 g/mol. The number of hydrogen-bond donors (Lipinski definition) is 0. The molecular formula is C5H10S. The van der Waals surface area contributed by atoms with Crippen molar-refractivity contribution in [2.45, 2.75) is 13.3 Å². The van der Waals surface area contributed by atoms with Crippen LogP contribution < -0.4 is 0 Å². The first-order valence-corrected chi connectivity index (χ1v) is 2.76. The standard InChI is InChI=1S/C5H10S/c1-5(2)3-4-6/h5H,1,3-4H2,2H3. The highest BCUT2D eigenvalue weighted by atomic mass is 32.1. The number of rotatable bonds is 2. The van der Waals surface area contributed by atoms with E-state index in [1.165, 1.54) is 0 Å². The van der Waals surface area contributed by atoms with Crippen LogP contribution in [0.3, 0.4) is 0 Å². The molecule has 0 rings (SSSR count). The topological polar surface area (TPSA) is 0 Å². The normalized spacial score (nSPS) is 10.0. The molecule has 0 saturated heterocycles. The Hall–Kier alpha value is 0.350. The summed E-state index contributed by atoms with van der Waals surface area (Å²) in [5.41, 5.74) is 0. The summed E-state index contributed by atoms with van der Waals surface area (Å²) in [6.07, 6.45) is 1.08. The van der Waals surface area contributed by atoms with Crippen LogP contribution in [0.15, 0.2) is 0 Å². The zero-order valence-electron chi connectivity index (χ0n) is 4.11. The molecule has 0 aromatic rings. The van der Waals surface area contributed by atoms with Crippen molar-refractivity contribution >= 4 is 12.6 Å². The third kappa shape index (κ3) is 4.35. The van der Waals surface area contributed by atoms with Crippen molar-refractivity contribution in [3.8, 4) is 0 Å². The van der Waals surface area contributed by atoms with E-state index in [1.54, 1.807) is 0 Å². The molecule has 0 aliphatic rings. The molecule has 0 aromatic carbocycles. The zero-order valence-corrected chi connectivity index (χ0v) is 4.92. The van der Waals surface area contributed by atoms with Gasteiger partial charge in [-0.2, -0.15) is 0 Å². The molecular weight excluding hydrogens is 92.1 g/mol. The van der Waals surface area contributed by atoms with Crippen LogP contribution in [0.1, 0.15) is 13.3 Å². The van der Waals surface area contributed by atoms with E-state index < -0.39 is 0 Å². The van der Waals surface area contributed by atoms with E-state index in [0.717, 1.165) is 12.2 Å². The quantitative estimate of drug-likeness (QED) is 0.500. The molecule has 1 unspecified atom stereocenters. The van der Waals surface area contributed by atoms with E-state index in [4.69, 9.17) is 0 Å². The Balaban J connectivity index is 2.63. The predicted molar refractivity (Wildman–Crippen MR) is 31.6 cm³/mol. The summed E-state index contributed by atoms with van der Waals surface area (Å²) in [5.74, 6) is 1.40. The Kier molecular flexibility index (Phi) is 3.74. The SMILES string of the molecule is [CH2]C(C)CC[S]. The third-order valence-corrected chi connectivity index (χ3v) is 0.846. The minimum absolute atomic E-state index is 0.544. The Bertz CT molecular complexity index is 25.1. The van der Waals surface area contributed by atoms with Gasteiger partial charge in [0, 0.05) is 5.75 Å². The molecule has 0 aromatic heterocycles. The van der Waals surface area contributed by atoms with Crippen LogP contribution in [-0.4, -0.2) is 5.75 Å². The van der Waals surface area contributed by atoms with Gasteiger partial charge in [0.2, 0.25) is 0 Å². The van der Waals surface area contributed by atoms with Crippen molar-refractivity contribution in [2.75, 3.05) is 5.75 Å². The maximum absolute atomic E-state index is 4.69. The largest absolute Gasteiger partial charge is 0.0941 e. The van der Waals surface area contributed by atoms with E-state index in [-0.39, 0.29) is 0 Å². The third-order valence-electron chi connectivity index (χ3n) is 0.611. The molecule has 0 amide bonds. The van der Waals surface area contributed by atoms with Crippen LogP contribution in [0, 0.1) is 12.8 Å². The molecule has 0 saturated carbocycles. The van der Waals surface area contributed by atoms with Crippen molar-refractivity contribution < 1.29 is 0 Å². The predicted octanol–water partition coefficient (Wildman–Crippen LogP) is 2.04. The minimum Gasteiger partial charge on any atom is -0.0941 e. The van der Waals surface area contributed by atoms with Gasteiger partial charge in [-0.05, 0) is 12.3 Å². The Morgan fingerprint density at radius 3 is 2.33 bits per heavy atom. The summed E-state index contributed by atoms with van der Waals surface area (Å²) in [6.45, 7) is 5.84. The van der Waals surface area contributed by atoms with Gasteiger partial charge in [-0.25, -0.2) is 0 Å². The lowest BCUT2D eigenvalue weighted by Crippen LogP contribution is -1.85. The van der Waals surface area contributed by atoms with Gasteiger partial charge < -0.3 is 0 Å². The van der Waals surface area contributed by atoms with Crippen LogP contribution in [0.5, 0.6) is 0 Å². The summed E-state index contributed by atoms with van der Waals surface area (Å²) < 4.78 is 0. The Labute approximate surface area is 45.4 Å². The fraction of sp³-hybridized carbons (Fsp3) is 0.800. The van der Waals surface area contributed by atoms with Gasteiger partial charge in [-0.3, -0.25) is 0 Å². The summed E-state index contributed by atoms with van der Waals surface area (Å²) in [6, 6.07) is 0. The maximum atomic E-state index is 4.69. The lowest BCUT2D eigenvalue weighted by atomic mass is 10.2. The first-order valence-electron chi connectivity index (χ1n) is 2.18. The molecule has 0 bridgehead atoms. The second kappa shape index (κ2) is 3.54. The van der Waals surface area contributed by atoms with Crippen molar-refractivity contribution in [2.24, 2.45) is 5.92 Å². The highest BCUT2D eigenvalue weighted by Crippen LogP contribution is 1.97. The molecule has 0 N–H and O–H groups in total. The Morgan fingerprint density at radius 1 is 1.83 bits per heavy atom. The van der Waals surface area contributed by atoms with Crippen LogP contribution in [0.2, 0.25) is 0 Å². The molecule has 36 valence electrons. The molecule has 0 aliphatic heterocycles. The van der Waals surface area contributed by atoms with Gasteiger partial charge in [0.05, 0.1) is 0 Å². The van der Waals surface area contributed by atoms with E-state index in [1.807, 2.05) is 0 Å². The molecule has 0 fully saturated rings. The molecule has 0 aliphatic carbocycles. The van der Waals surface area contributed by atoms with Crippen LogP contribution in [-0.2, 0) is 0 Å². The molecule has 1 atom stereocenters. The summed E-state index contributed by atoms with van der Waals surface area (Å²) in [4.78, 5) is 0. The fourth-order valence-electron chi connectivity index (χ4n) is 0.201. The lowest BCUT2D eigenvalue weighted by Gasteiger charge is -1.94. The van der Waals surface area contributed by atoms with Gasteiger partial charge >= 0.3 is 0 Å². The minimum atomic E-state index is 0.544. The highest BCUT2D eigenvalue weighted by Gasteiger charge is 1.86. The van der Waals surface area contributed by atoms with Gasteiger partial charge in [-0.1, -0.05) is 26.5 Å². The van der Waals surface area contributed by atoms with Crippen LogP contribution in [0.25, 0.3) is 0 Å². The zero-order chi connectivity index (χ0) is 4.99. The number of hydrogen-bond acceptors (Lipinski definition) is 0. The average Bonchev–Trinajstić information content (AvgIpc) is 1.35. The van der Waals surface area contributed by atoms with Crippen LogP contribution >= 0.6 is 12.6 Å². The summed E-state index contributed by atoms with van der Waals surface area (Å²) in [5, 5.41) is 0. The molecule has 0 nitrogen and oxygen atoms in total. The molecule has 0 spiro atoms. The van der Waals surface area contributed by atoms with Crippen molar-refractivity contribution in [1.82, 2.24) is 0 Å². The lowest BCUT2D eigenvalue weighted by molar-refractivity contribution is 0.702. The van der Waals surface area contributed by atoms with E-state index in [0.29, 0.717) is 5.92 Å². The van der Waals surface area contributed by atoms with Gasteiger partial charge in [0.15, 0.2) is 0 Å². The maximum Gasteiger partial charge on any atom is 0.00394 e. The monoisotopic (exact) mass is 102 g/mol. The first kappa shape index (κ1) is 6.35. The fourth-order valence-corrected chi connectivity index (χ4v) is 0.604. The van der Waals surface area contributed by atoms with Gasteiger partial charge in [0.1, 0.15) is 0 Å². The van der Waals surface area contributed by atoms with Gasteiger partial charge in [0.25, 0.3) is 0 Å². The molecule has 0 heterocycles.